The van der Waals surface area contributed by atoms with Gasteiger partial charge in [0.05, 0.1) is 5.60 Å². The van der Waals surface area contributed by atoms with E-state index in [0.717, 1.165) is 32.1 Å². The van der Waals surface area contributed by atoms with Crippen molar-refractivity contribution in [1.29, 1.82) is 0 Å². The van der Waals surface area contributed by atoms with Gasteiger partial charge in [0.1, 0.15) is 0 Å². The molecule has 1 aliphatic rings. The van der Waals surface area contributed by atoms with Crippen molar-refractivity contribution < 1.29 is 5.11 Å². The van der Waals surface area contributed by atoms with Gasteiger partial charge in [0.15, 0.2) is 0 Å². The highest BCUT2D eigenvalue weighted by Crippen LogP contribution is 2.39. The van der Waals surface area contributed by atoms with Crippen LogP contribution in [0.1, 0.15) is 44.2 Å². The van der Waals surface area contributed by atoms with Crippen LogP contribution in [0.15, 0.2) is 24.3 Å². The van der Waals surface area contributed by atoms with E-state index in [4.69, 9.17) is 5.73 Å². The predicted octanol–water partition coefficient (Wildman–Crippen LogP) is 2.42. The third-order valence-corrected chi connectivity index (χ3v) is 3.39. The first-order chi connectivity index (χ1) is 7.86. The second-order valence-electron chi connectivity index (χ2n) is 6.21. The molecule has 1 saturated carbocycles. The van der Waals surface area contributed by atoms with Crippen LogP contribution in [0.2, 0.25) is 0 Å². The van der Waals surface area contributed by atoms with E-state index < -0.39 is 0 Å². The number of benzene rings is 1. The number of aryl methyl sites for hydroxylation is 1. The summed E-state index contributed by atoms with van der Waals surface area (Å²) >= 11 is 0. The zero-order valence-corrected chi connectivity index (χ0v) is 10.9. The van der Waals surface area contributed by atoms with Crippen molar-refractivity contribution in [3.63, 3.8) is 0 Å². The molecule has 1 aliphatic carbocycles. The van der Waals surface area contributed by atoms with Crippen LogP contribution in [0.25, 0.3) is 0 Å². The maximum atomic E-state index is 9.78. The van der Waals surface area contributed by atoms with Gasteiger partial charge in [-0.25, -0.2) is 0 Å². The van der Waals surface area contributed by atoms with Gasteiger partial charge in [-0.3, -0.25) is 0 Å². The molecular formula is C15H23NO. The Morgan fingerprint density at radius 3 is 2.18 bits per heavy atom. The predicted molar refractivity (Wildman–Crippen MR) is 70.9 cm³/mol. The van der Waals surface area contributed by atoms with Crippen LogP contribution < -0.4 is 5.73 Å². The van der Waals surface area contributed by atoms with Crippen molar-refractivity contribution in [1.82, 2.24) is 0 Å². The Morgan fingerprint density at radius 2 is 1.71 bits per heavy atom. The monoisotopic (exact) mass is 233 g/mol. The van der Waals surface area contributed by atoms with E-state index in [1.165, 1.54) is 11.1 Å². The Hall–Kier alpha value is -0.860. The Labute approximate surface area is 104 Å². The summed E-state index contributed by atoms with van der Waals surface area (Å²) in [4.78, 5) is 0. The zero-order valence-electron chi connectivity index (χ0n) is 10.9. The van der Waals surface area contributed by atoms with Gasteiger partial charge in [-0.1, -0.05) is 24.3 Å². The van der Waals surface area contributed by atoms with Crippen molar-refractivity contribution in [2.24, 2.45) is 5.73 Å². The fourth-order valence-electron chi connectivity index (χ4n) is 2.12. The summed E-state index contributed by atoms with van der Waals surface area (Å²) in [5.41, 5.74) is 8.11. The fraction of sp³-hybridized carbons (Fsp3) is 0.600. The van der Waals surface area contributed by atoms with E-state index in [0.29, 0.717) is 0 Å². The molecule has 1 fully saturated rings. The smallest absolute Gasteiger partial charge is 0.0653 e. The molecule has 17 heavy (non-hydrogen) atoms. The molecule has 0 aromatic heterocycles. The Balaban J connectivity index is 1.89. The fourth-order valence-corrected chi connectivity index (χ4v) is 2.12. The van der Waals surface area contributed by atoms with E-state index in [2.05, 4.69) is 24.3 Å². The summed E-state index contributed by atoms with van der Waals surface area (Å²) in [5, 5.41) is 9.78. The van der Waals surface area contributed by atoms with Gasteiger partial charge in [-0.15, -0.1) is 0 Å². The molecule has 0 bridgehead atoms. The molecule has 0 aliphatic heterocycles. The molecule has 0 atom stereocenters. The van der Waals surface area contributed by atoms with Crippen LogP contribution in [0.3, 0.4) is 0 Å². The van der Waals surface area contributed by atoms with Gasteiger partial charge in [0.25, 0.3) is 0 Å². The molecular weight excluding hydrogens is 210 g/mol. The summed E-state index contributed by atoms with van der Waals surface area (Å²) < 4.78 is 0. The molecule has 0 heterocycles. The Kier molecular flexibility index (Phi) is 3.28. The van der Waals surface area contributed by atoms with E-state index in [1.807, 2.05) is 13.8 Å². The topological polar surface area (TPSA) is 46.2 Å². The molecule has 94 valence electrons. The van der Waals surface area contributed by atoms with E-state index in [9.17, 15) is 5.11 Å². The first-order valence-corrected chi connectivity index (χ1v) is 6.45. The van der Waals surface area contributed by atoms with Gasteiger partial charge in [-0.2, -0.15) is 0 Å². The largest absolute Gasteiger partial charge is 0.390 e. The minimum atomic E-state index is -0.335. The first kappa shape index (κ1) is 12.6. The molecule has 3 N–H and O–H groups in total. The quantitative estimate of drug-likeness (QED) is 0.820. The SMILES string of the molecule is CC(C)(N)Cc1ccc(CCC2(O)CC2)cc1. The van der Waals surface area contributed by atoms with E-state index in [-0.39, 0.29) is 11.1 Å². The van der Waals surface area contributed by atoms with Crippen LogP contribution in [0.5, 0.6) is 0 Å². The highest BCUT2D eigenvalue weighted by molar-refractivity contribution is 5.24. The molecule has 1 aromatic carbocycles. The molecule has 0 saturated heterocycles. The Bertz CT molecular complexity index is 371. The number of hydrogen-bond donors (Lipinski definition) is 2. The lowest BCUT2D eigenvalue weighted by atomic mass is 9.95. The molecule has 0 unspecified atom stereocenters. The summed E-state index contributed by atoms with van der Waals surface area (Å²) in [5.74, 6) is 0. The Morgan fingerprint density at radius 1 is 1.18 bits per heavy atom. The van der Waals surface area contributed by atoms with Gasteiger partial charge in [-0.05, 0) is 57.1 Å². The van der Waals surface area contributed by atoms with Gasteiger partial charge in [0.2, 0.25) is 0 Å². The lowest BCUT2D eigenvalue weighted by Crippen LogP contribution is -2.34. The standard InChI is InChI=1S/C15H23NO/c1-14(2,16)11-13-5-3-12(4-6-13)7-8-15(17)9-10-15/h3-6,17H,7-11,16H2,1-2H3. The van der Waals surface area contributed by atoms with Crippen molar-refractivity contribution in [2.45, 2.75) is 57.1 Å². The number of hydrogen-bond acceptors (Lipinski definition) is 2. The van der Waals surface area contributed by atoms with Gasteiger partial charge >= 0.3 is 0 Å². The summed E-state index contributed by atoms with van der Waals surface area (Å²) in [6.45, 7) is 4.09. The molecule has 2 rings (SSSR count). The van der Waals surface area contributed by atoms with Crippen LogP contribution in [0, 0.1) is 0 Å². The molecule has 0 amide bonds. The second-order valence-corrected chi connectivity index (χ2v) is 6.21. The van der Waals surface area contributed by atoms with Crippen LogP contribution in [0.4, 0.5) is 0 Å². The maximum absolute atomic E-state index is 9.78. The van der Waals surface area contributed by atoms with Crippen molar-refractivity contribution in [2.75, 3.05) is 0 Å². The molecule has 0 radical (unpaired) electrons. The number of rotatable bonds is 5. The molecule has 0 spiro atoms. The van der Waals surface area contributed by atoms with Crippen LogP contribution in [-0.4, -0.2) is 16.2 Å². The minimum Gasteiger partial charge on any atom is -0.390 e. The second kappa shape index (κ2) is 4.43. The van der Waals surface area contributed by atoms with Crippen LogP contribution >= 0.6 is 0 Å². The van der Waals surface area contributed by atoms with E-state index in [1.54, 1.807) is 0 Å². The zero-order chi connectivity index (χ0) is 12.5. The van der Waals surface area contributed by atoms with Crippen molar-refractivity contribution in [3.8, 4) is 0 Å². The lowest BCUT2D eigenvalue weighted by molar-refractivity contribution is 0.140. The summed E-state index contributed by atoms with van der Waals surface area (Å²) in [6.07, 6.45) is 4.73. The minimum absolute atomic E-state index is 0.148. The third-order valence-electron chi connectivity index (χ3n) is 3.39. The highest BCUT2D eigenvalue weighted by atomic mass is 16.3. The average molecular weight is 233 g/mol. The van der Waals surface area contributed by atoms with Crippen molar-refractivity contribution >= 4 is 0 Å². The summed E-state index contributed by atoms with van der Waals surface area (Å²) in [6, 6.07) is 8.63. The normalized spacial score (nSPS) is 18.1. The van der Waals surface area contributed by atoms with Gasteiger partial charge in [0, 0.05) is 5.54 Å². The van der Waals surface area contributed by atoms with Crippen molar-refractivity contribution in [3.05, 3.63) is 35.4 Å². The highest BCUT2D eigenvalue weighted by Gasteiger charge is 2.39. The molecule has 2 nitrogen and oxygen atoms in total. The molecule has 2 heteroatoms. The molecule has 1 aromatic rings. The lowest BCUT2D eigenvalue weighted by Gasteiger charge is -2.18. The first-order valence-electron chi connectivity index (χ1n) is 6.45. The third kappa shape index (κ3) is 4.14. The maximum Gasteiger partial charge on any atom is 0.0653 e. The number of nitrogens with two attached hydrogens (primary N) is 1. The number of aliphatic hydroxyl groups is 1. The van der Waals surface area contributed by atoms with E-state index >= 15 is 0 Å². The average Bonchev–Trinajstić information content (AvgIpc) is 2.94. The summed E-state index contributed by atoms with van der Waals surface area (Å²) in [7, 11) is 0. The van der Waals surface area contributed by atoms with Gasteiger partial charge < -0.3 is 10.8 Å². The van der Waals surface area contributed by atoms with Crippen LogP contribution in [-0.2, 0) is 12.8 Å².